The Kier molecular flexibility index (Phi) is 11.9. The fourth-order valence-corrected chi connectivity index (χ4v) is 10.1. The normalized spacial score (nSPS) is 25.9. The van der Waals surface area contributed by atoms with E-state index < -0.39 is 74.1 Å². The van der Waals surface area contributed by atoms with E-state index in [4.69, 9.17) is 24.2 Å². The molecule has 3 amide bonds. The Labute approximate surface area is 349 Å². The molecule has 5 atom stereocenters. The van der Waals surface area contributed by atoms with E-state index in [0.717, 1.165) is 24.1 Å². The van der Waals surface area contributed by atoms with Crippen LogP contribution >= 0.6 is 11.3 Å². The summed E-state index contributed by atoms with van der Waals surface area (Å²) in [7, 11) is -2.31. The second-order valence-corrected chi connectivity index (χ2v) is 20.5. The van der Waals surface area contributed by atoms with Gasteiger partial charge in [-0.2, -0.15) is 0 Å². The molecule has 14 nitrogen and oxygen atoms in total. The molecule has 1 saturated heterocycles. The van der Waals surface area contributed by atoms with Gasteiger partial charge < -0.3 is 24.4 Å². The molecule has 1 aromatic carbocycles. The first-order chi connectivity index (χ1) is 27.9. The summed E-state index contributed by atoms with van der Waals surface area (Å²) in [6, 6.07) is 4.39. The van der Waals surface area contributed by atoms with Gasteiger partial charge in [0.05, 0.1) is 35.5 Å². The lowest BCUT2D eigenvalue weighted by Gasteiger charge is -2.30. The molecule has 2 aliphatic heterocycles. The largest absolute Gasteiger partial charge is 0.496 e. The average molecular weight is 850 g/mol. The standard InChI is InChI=1S/C43H55N5O9S2/c1-24(2)31-23-58-38(45-31)30-20-35(29-17-18-33(55-7)25(3)36(29)44-30)56-27-19-32-37(49)46-43(40(51)47-59(53,54)28-15-16-28)21-26(43)13-11-9-8-10-12-14-34(39(50)48(32)22-27)57-41(52)42(4,5)6/h11,13,17-18,20,23-24,26-28,32,34H,8-10,12,14-16,19,21-22H2,1-7H3,(H,46,49)(H,47,51)/b13-11-/t26-,27+,32-,34?,43-/m0/s1. The molecule has 3 aromatic rings. The van der Waals surface area contributed by atoms with E-state index in [1.54, 1.807) is 27.9 Å². The Balaban J connectivity index is 1.25. The predicted octanol–water partition coefficient (Wildman–Crippen LogP) is 6.11. The number of allylic oxidation sites excluding steroid dienone is 1. The maximum absolute atomic E-state index is 14.7. The zero-order valence-corrected chi connectivity index (χ0v) is 36.5. The smallest absolute Gasteiger partial charge is 0.312 e. The van der Waals surface area contributed by atoms with Crippen LogP contribution in [0.3, 0.4) is 0 Å². The van der Waals surface area contributed by atoms with Crippen molar-refractivity contribution in [2.75, 3.05) is 13.7 Å². The van der Waals surface area contributed by atoms with Crippen LogP contribution in [0.5, 0.6) is 11.5 Å². The van der Waals surface area contributed by atoms with Gasteiger partial charge in [0.2, 0.25) is 15.9 Å². The Morgan fingerprint density at radius 2 is 1.83 bits per heavy atom. The van der Waals surface area contributed by atoms with Gasteiger partial charge in [0, 0.05) is 34.7 Å². The van der Waals surface area contributed by atoms with Crippen molar-refractivity contribution in [2.45, 2.75) is 134 Å². The monoisotopic (exact) mass is 849 g/mol. The highest BCUT2D eigenvalue weighted by atomic mass is 32.2. The predicted molar refractivity (Wildman–Crippen MR) is 223 cm³/mol. The number of methoxy groups -OCH3 is 1. The number of sulfonamides is 1. The molecule has 2 aliphatic carbocycles. The molecule has 7 rings (SSSR count). The van der Waals surface area contributed by atoms with Crippen molar-refractivity contribution in [3.8, 4) is 22.2 Å². The highest BCUT2D eigenvalue weighted by Crippen LogP contribution is 2.46. The third-order valence-electron chi connectivity index (χ3n) is 11.6. The number of nitrogens with one attached hydrogen (secondary N) is 2. The molecule has 2 aromatic heterocycles. The van der Waals surface area contributed by atoms with Gasteiger partial charge in [-0.1, -0.05) is 32.4 Å². The van der Waals surface area contributed by atoms with Crippen LogP contribution in [0.1, 0.15) is 110 Å². The highest BCUT2D eigenvalue weighted by Gasteiger charge is 2.62. The zero-order valence-electron chi connectivity index (χ0n) is 34.8. The summed E-state index contributed by atoms with van der Waals surface area (Å²) >= 11 is 1.48. The molecule has 0 bridgehead atoms. The lowest BCUT2D eigenvalue weighted by molar-refractivity contribution is -0.168. The maximum Gasteiger partial charge on any atom is 0.312 e. The summed E-state index contributed by atoms with van der Waals surface area (Å²) in [6.45, 7) is 11.2. The van der Waals surface area contributed by atoms with Gasteiger partial charge in [0.25, 0.3) is 11.8 Å². The number of hydrogen-bond donors (Lipinski definition) is 2. The van der Waals surface area contributed by atoms with Crippen LogP contribution < -0.4 is 19.5 Å². The van der Waals surface area contributed by atoms with Gasteiger partial charge in [0.1, 0.15) is 39.9 Å². The number of benzene rings is 1. The number of rotatable bonds is 9. The molecular formula is C43H55N5O9S2. The summed E-state index contributed by atoms with van der Waals surface area (Å²) in [5, 5.41) is 5.69. The lowest BCUT2D eigenvalue weighted by Crippen LogP contribution is -2.57. The number of aromatic nitrogens is 2. The van der Waals surface area contributed by atoms with E-state index >= 15 is 0 Å². The highest BCUT2D eigenvalue weighted by molar-refractivity contribution is 7.91. The van der Waals surface area contributed by atoms with E-state index in [1.807, 2.05) is 42.7 Å². The van der Waals surface area contributed by atoms with Crippen molar-refractivity contribution in [3.05, 3.63) is 47.0 Å². The average Bonchev–Trinajstić information content (AvgIpc) is 4.05. The Morgan fingerprint density at radius 1 is 1.07 bits per heavy atom. The Morgan fingerprint density at radius 3 is 2.51 bits per heavy atom. The number of carbonyl (C=O) groups excluding carboxylic acids is 4. The number of fused-ring (bicyclic) bond motifs is 3. The van der Waals surface area contributed by atoms with E-state index in [2.05, 4.69) is 23.9 Å². The molecule has 16 heteroatoms. The molecule has 2 N–H and O–H groups in total. The van der Waals surface area contributed by atoms with E-state index in [9.17, 15) is 27.6 Å². The first-order valence-electron chi connectivity index (χ1n) is 20.6. The molecule has 3 fully saturated rings. The molecule has 2 saturated carbocycles. The number of amides is 3. The van der Waals surface area contributed by atoms with Gasteiger partial charge in [-0.15, -0.1) is 11.3 Å². The fraction of sp³-hybridized carbons (Fsp3) is 0.581. The number of carbonyl (C=O) groups is 4. The second-order valence-electron chi connectivity index (χ2n) is 17.7. The van der Waals surface area contributed by atoms with Crippen LogP contribution in [-0.2, 0) is 33.9 Å². The fourth-order valence-electron chi connectivity index (χ4n) is 7.75. The summed E-state index contributed by atoms with van der Waals surface area (Å²) in [4.78, 5) is 67.6. The number of esters is 1. The van der Waals surface area contributed by atoms with Crippen molar-refractivity contribution in [1.82, 2.24) is 24.9 Å². The third kappa shape index (κ3) is 8.98. The second kappa shape index (κ2) is 16.5. The minimum Gasteiger partial charge on any atom is -0.496 e. The maximum atomic E-state index is 14.7. The SMILES string of the molecule is COc1ccc2c(O[C@@H]3C[C@H]4C(=O)N[C@@]5(C(=O)NS(=O)(=O)C6CC6)C[C@@H]5/C=C\CCCCCC(OC(=O)C(C)(C)C)C(=O)N4C3)cc(-c3nc(C(C)C)cs3)nc2c1C. The van der Waals surface area contributed by atoms with Gasteiger partial charge in [-0.3, -0.25) is 23.9 Å². The van der Waals surface area contributed by atoms with Gasteiger partial charge in [-0.05, 0) is 90.7 Å². The van der Waals surface area contributed by atoms with E-state index in [0.29, 0.717) is 58.8 Å². The van der Waals surface area contributed by atoms with Crippen LogP contribution in [0.15, 0.2) is 35.7 Å². The summed E-state index contributed by atoms with van der Waals surface area (Å²) in [5.41, 5.74) is 0.583. The van der Waals surface area contributed by atoms with E-state index in [-0.39, 0.29) is 31.7 Å². The van der Waals surface area contributed by atoms with Crippen molar-refractivity contribution in [1.29, 1.82) is 0 Å². The van der Waals surface area contributed by atoms with Crippen molar-refractivity contribution >= 4 is 56.0 Å². The number of thiazole rings is 1. The van der Waals surface area contributed by atoms with Crippen molar-refractivity contribution < 1.29 is 41.8 Å². The number of pyridine rings is 1. The van der Waals surface area contributed by atoms with Crippen molar-refractivity contribution in [3.63, 3.8) is 0 Å². The van der Waals surface area contributed by atoms with Gasteiger partial charge >= 0.3 is 5.97 Å². The quantitative estimate of drug-likeness (QED) is 0.187. The molecule has 59 heavy (non-hydrogen) atoms. The topological polar surface area (TPSA) is 183 Å². The van der Waals surface area contributed by atoms with Crippen LogP contribution in [-0.4, -0.2) is 89.7 Å². The number of ether oxygens (including phenoxy) is 3. The summed E-state index contributed by atoms with van der Waals surface area (Å²) in [6.07, 6.45) is 6.23. The Hall–Kier alpha value is -4.57. The molecule has 0 spiro atoms. The molecule has 318 valence electrons. The first kappa shape index (κ1) is 42.6. The number of aryl methyl sites for hydroxylation is 1. The van der Waals surface area contributed by atoms with Gasteiger partial charge in [-0.25, -0.2) is 18.4 Å². The molecule has 0 radical (unpaired) electrons. The minimum atomic E-state index is -3.91. The Bertz CT molecular complexity index is 2280. The van der Waals surface area contributed by atoms with Crippen LogP contribution in [0.25, 0.3) is 21.6 Å². The molecular weight excluding hydrogens is 795 g/mol. The van der Waals surface area contributed by atoms with Gasteiger partial charge in [0.15, 0.2) is 6.10 Å². The minimum absolute atomic E-state index is 0.0257. The zero-order chi connectivity index (χ0) is 42.4. The van der Waals surface area contributed by atoms with Crippen molar-refractivity contribution in [2.24, 2.45) is 11.3 Å². The molecule has 4 heterocycles. The third-order valence-corrected chi connectivity index (χ3v) is 14.4. The van der Waals surface area contributed by atoms with E-state index in [1.165, 1.54) is 16.2 Å². The summed E-state index contributed by atoms with van der Waals surface area (Å²) < 4.78 is 46.5. The number of nitrogens with zero attached hydrogens (tertiary/aromatic N) is 3. The summed E-state index contributed by atoms with van der Waals surface area (Å²) in [5.74, 6) is -1.59. The number of hydrogen-bond acceptors (Lipinski definition) is 12. The first-order valence-corrected chi connectivity index (χ1v) is 23.0. The molecule has 1 unspecified atom stereocenters. The molecule has 4 aliphatic rings. The lowest BCUT2D eigenvalue weighted by atomic mass is 9.97. The van der Waals surface area contributed by atoms with Crippen LogP contribution in [0.2, 0.25) is 0 Å². The van der Waals surface area contributed by atoms with Crippen LogP contribution in [0.4, 0.5) is 0 Å². The van der Waals surface area contributed by atoms with Crippen LogP contribution in [0, 0.1) is 18.3 Å².